The Morgan fingerprint density at radius 1 is 1.03 bits per heavy atom. The largest absolute Gasteiger partial charge is 0.480 e. The highest BCUT2D eigenvalue weighted by Gasteiger charge is 2.65. The maximum absolute atomic E-state index is 12.7. The first-order chi connectivity index (χ1) is 16.8. The van der Waals surface area contributed by atoms with Crippen LogP contribution in [0.2, 0.25) is 0 Å². The second kappa shape index (κ2) is 8.94. The van der Waals surface area contributed by atoms with Crippen molar-refractivity contribution in [1.29, 1.82) is 0 Å². The molecule has 2 aromatic carbocycles. The van der Waals surface area contributed by atoms with E-state index in [-0.39, 0.29) is 24.5 Å². The van der Waals surface area contributed by atoms with Crippen molar-refractivity contribution in [3.8, 4) is 11.1 Å². The number of benzene rings is 2. The molecule has 2 fully saturated rings. The van der Waals surface area contributed by atoms with Gasteiger partial charge in [0.1, 0.15) is 12.6 Å². The molecule has 5 rings (SSSR count). The van der Waals surface area contributed by atoms with Crippen molar-refractivity contribution in [1.82, 2.24) is 10.6 Å². The molecule has 0 heterocycles. The summed E-state index contributed by atoms with van der Waals surface area (Å²) in [6, 6.07) is 14.1. The monoisotopic (exact) mass is 484 g/mol. The smallest absolute Gasteiger partial charge is 0.407 e. The molecule has 0 aliphatic heterocycles. The number of fused-ring (bicyclic) bond motifs is 4. The molecule has 7 nitrogen and oxygen atoms in total. The first kappa shape index (κ1) is 23.3. The standard InChI is InChI=1S/C26H26F2N2O5/c27-22(28)10-21(23(31)32)30-24(33)26-11-14(26)9-15(12-26)29-25(34)35-13-20-18-7-3-1-5-16(18)17-6-2-4-8-19(17)20/h1-8,14-15,20-22H,9-13H2,(H,29,34)(H,30,33)(H,31,32)/t14-,15+,21?,26+/m1/s1. The third-order valence-corrected chi connectivity index (χ3v) is 7.55. The number of rotatable bonds is 8. The fraction of sp³-hybridized carbons (Fsp3) is 0.423. The van der Waals surface area contributed by atoms with Crippen LogP contribution < -0.4 is 10.6 Å². The highest BCUT2D eigenvalue weighted by atomic mass is 19.3. The van der Waals surface area contributed by atoms with Crippen LogP contribution in [-0.2, 0) is 14.3 Å². The molecule has 0 radical (unpaired) electrons. The number of carbonyl (C=O) groups excluding carboxylic acids is 2. The van der Waals surface area contributed by atoms with Crippen molar-refractivity contribution in [2.75, 3.05) is 6.61 Å². The molecule has 35 heavy (non-hydrogen) atoms. The van der Waals surface area contributed by atoms with Gasteiger partial charge in [0.25, 0.3) is 0 Å². The number of hydrogen-bond acceptors (Lipinski definition) is 4. The van der Waals surface area contributed by atoms with Gasteiger partial charge in [0.2, 0.25) is 12.3 Å². The maximum Gasteiger partial charge on any atom is 0.407 e. The number of aliphatic carboxylic acids is 1. The van der Waals surface area contributed by atoms with Crippen LogP contribution in [0.3, 0.4) is 0 Å². The lowest BCUT2D eigenvalue weighted by atomic mass is 9.98. The minimum atomic E-state index is -2.84. The quantitative estimate of drug-likeness (QED) is 0.527. The summed E-state index contributed by atoms with van der Waals surface area (Å²) in [5.41, 5.74) is 3.67. The fourth-order valence-electron chi connectivity index (χ4n) is 5.80. The molecule has 9 heteroatoms. The van der Waals surface area contributed by atoms with Gasteiger partial charge in [-0.05, 0) is 47.4 Å². The lowest BCUT2D eigenvalue weighted by Crippen LogP contribution is -2.46. The second-order valence-electron chi connectivity index (χ2n) is 9.65. The van der Waals surface area contributed by atoms with Gasteiger partial charge in [-0.25, -0.2) is 18.4 Å². The van der Waals surface area contributed by atoms with E-state index in [2.05, 4.69) is 22.8 Å². The molecule has 2 saturated carbocycles. The zero-order chi connectivity index (χ0) is 24.7. The average molecular weight is 484 g/mol. The summed E-state index contributed by atoms with van der Waals surface area (Å²) >= 11 is 0. The molecule has 4 atom stereocenters. The predicted octanol–water partition coefficient (Wildman–Crippen LogP) is 3.92. The number of halogens is 2. The van der Waals surface area contributed by atoms with Gasteiger partial charge in [-0.3, -0.25) is 4.79 Å². The molecule has 0 saturated heterocycles. The van der Waals surface area contributed by atoms with E-state index in [1.807, 2.05) is 36.4 Å². The number of carboxylic acids is 1. The Kier molecular flexibility index (Phi) is 5.94. The van der Waals surface area contributed by atoms with E-state index in [9.17, 15) is 23.2 Å². The number of amides is 2. The molecule has 3 N–H and O–H groups in total. The number of hydrogen-bond donors (Lipinski definition) is 3. The first-order valence-corrected chi connectivity index (χ1v) is 11.7. The van der Waals surface area contributed by atoms with Gasteiger partial charge in [0.05, 0.1) is 5.41 Å². The number of ether oxygens (including phenoxy) is 1. The molecular weight excluding hydrogens is 458 g/mol. The van der Waals surface area contributed by atoms with Crippen molar-refractivity contribution < 1.29 is 33.0 Å². The molecule has 0 spiro atoms. The topological polar surface area (TPSA) is 105 Å². The summed E-state index contributed by atoms with van der Waals surface area (Å²) in [6.45, 7) is 0.176. The van der Waals surface area contributed by atoms with Crippen LogP contribution in [-0.4, -0.2) is 48.2 Å². The highest BCUT2D eigenvalue weighted by Crippen LogP contribution is 2.63. The Labute approximate surface area is 200 Å². The van der Waals surface area contributed by atoms with E-state index in [1.54, 1.807) is 0 Å². The highest BCUT2D eigenvalue weighted by molar-refractivity contribution is 5.90. The molecule has 2 aromatic rings. The van der Waals surface area contributed by atoms with E-state index in [0.29, 0.717) is 19.3 Å². The summed E-state index contributed by atoms with van der Waals surface area (Å²) in [4.78, 5) is 36.5. The Bertz CT molecular complexity index is 1130. The van der Waals surface area contributed by atoms with Crippen molar-refractivity contribution in [2.24, 2.45) is 11.3 Å². The molecule has 1 unspecified atom stereocenters. The third kappa shape index (κ3) is 4.35. The molecule has 184 valence electrons. The summed E-state index contributed by atoms with van der Waals surface area (Å²) < 4.78 is 30.9. The Balaban J connectivity index is 1.16. The number of alkyl carbamates (subject to hydrolysis) is 1. The minimum absolute atomic E-state index is 0.0117. The van der Waals surface area contributed by atoms with Gasteiger partial charge in [-0.15, -0.1) is 0 Å². The lowest BCUT2D eigenvalue weighted by molar-refractivity contribution is -0.144. The Morgan fingerprint density at radius 2 is 1.66 bits per heavy atom. The van der Waals surface area contributed by atoms with Crippen LogP contribution in [0, 0.1) is 11.3 Å². The van der Waals surface area contributed by atoms with E-state index in [0.717, 1.165) is 22.3 Å². The molecule has 3 aliphatic rings. The normalized spacial score (nSPS) is 24.8. The zero-order valence-electron chi connectivity index (χ0n) is 18.9. The number of alkyl halides is 2. The molecule has 2 amide bonds. The Morgan fingerprint density at radius 3 is 2.26 bits per heavy atom. The number of carboxylic acid groups (broad SMARTS) is 1. The van der Waals surface area contributed by atoms with E-state index in [4.69, 9.17) is 9.84 Å². The van der Waals surface area contributed by atoms with Gasteiger partial charge in [-0.2, -0.15) is 0 Å². The van der Waals surface area contributed by atoms with Crippen LogP contribution in [0.5, 0.6) is 0 Å². The van der Waals surface area contributed by atoms with E-state index < -0.39 is 42.3 Å². The second-order valence-corrected chi connectivity index (χ2v) is 9.65. The summed E-state index contributed by atoms with van der Waals surface area (Å²) in [6.07, 6.45) is -2.91. The first-order valence-electron chi connectivity index (χ1n) is 11.7. The van der Waals surface area contributed by atoms with Crippen LogP contribution in [0.15, 0.2) is 48.5 Å². The van der Waals surface area contributed by atoms with E-state index in [1.165, 1.54) is 0 Å². The van der Waals surface area contributed by atoms with Crippen LogP contribution in [0.25, 0.3) is 11.1 Å². The lowest BCUT2D eigenvalue weighted by Gasteiger charge is -2.21. The van der Waals surface area contributed by atoms with Crippen LogP contribution >= 0.6 is 0 Å². The SMILES string of the molecule is O=C(N[C@H]1C[C@@H]2C[C@]2(C(=O)NC(CC(F)F)C(=O)O)C1)OCC1c2ccccc2-c2ccccc21. The van der Waals surface area contributed by atoms with Crippen LogP contribution in [0.1, 0.15) is 42.7 Å². The summed E-state index contributed by atoms with van der Waals surface area (Å²) in [7, 11) is 0. The summed E-state index contributed by atoms with van der Waals surface area (Å²) in [5.74, 6) is -2.10. The van der Waals surface area contributed by atoms with Crippen molar-refractivity contribution in [2.45, 2.75) is 50.1 Å². The summed E-state index contributed by atoms with van der Waals surface area (Å²) in [5, 5.41) is 14.2. The molecule has 0 bridgehead atoms. The van der Waals surface area contributed by atoms with Crippen molar-refractivity contribution >= 4 is 18.0 Å². The predicted molar refractivity (Wildman–Crippen MR) is 122 cm³/mol. The maximum atomic E-state index is 12.7. The third-order valence-electron chi connectivity index (χ3n) is 7.55. The minimum Gasteiger partial charge on any atom is -0.480 e. The molecular formula is C26H26F2N2O5. The Hall–Kier alpha value is -3.49. The fourth-order valence-corrected chi connectivity index (χ4v) is 5.80. The molecule has 3 aliphatic carbocycles. The van der Waals surface area contributed by atoms with Gasteiger partial charge < -0.3 is 20.5 Å². The zero-order valence-corrected chi connectivity index (χ0v) is 18.9. The average Bonchev–Trinajstić information content (AvgIpc) is 3.25. The van der Waals surface area contributed by atoms with Gasteiger partial charge in [-0.1, -0.05) is 48.5 Å². The van der Waals surface area contributed by atoms with E-state index >= 15 is 0 Å². The van der Waals surface area contributed by atoms with Gasteiger partial charge in [0.15, 0.2) is 0 Å². The number of carbonyl (C=O) groups is 3. The van der Waals surface area contributed by atoms with Crippen LogP contribution in [0.4, 0.5) is 13.6 Å². The van der Waals surface area contributed by atoms with Crippen molar-refractivity contribution in [3.63, 3.8) is 0 Å². The number of nitrogens with one attached hydrogen (secondary N) is 2. The molecule has 0 aromatic heterocycles. The van der Waals surface area contributed by atoms with Gasteiger partial charge in [0, 0.05) is 18.4 Å². The van der Waals surface area contributed by atoms with Crippen molar-refractivity contribution in [3.05, 3.63) is 59.7 Å². The van der Waals surface area contributed by atoms with Gasteiger partial charge >= 0.3 is 12.1 Å².